The Kier molecular flexibility index (Phi) is 5.27. The van der Waals surface area contributed by atoms with Crippen molar-refractivity contribution in [2.24, 2.45) is 0 Å². The molecule has 0 aromatic carbocycles. The topological polar surface area (TPSA) is 66.9 Å². The lowest BCUT2D eigenvalue weighted by molar-refractivity contribution is 0.102. The fraction of sp³-hybridized carbons (Fsp3) is 0.400. The molecule has 21 heavy (non-hydrogen) atoms. The lowest BCUT2D eigenvalue weighted by Crippen LogP contribution is -2.13. The monoisotopic (exact) mass is 304 g/mol. The third-order valence-corrected chi connectivity index (χ3v) is 3.95. The molecule has 0 atom stereocenters. The molecule has 0 saturated carbocycles. The number of hydrogen-bond acceptors (Lipinski definition) is 5. The summed E-state index contributed by atoms with van der Waals surface area (Å²) in [5.41, 5.74) is 1.62. The second-order valence-electron chi connectivity index (χ2n) is 4.69. The molecule has 2 aromatic heterocycles. The molecule has 2 N–H and O–H groups in total. The van der Waals surface area contributed by atoms with E-state index in [0.717, 1.165) is 30.0 Å². The molecule has 0 radical (unpaired) electrons. The minimum Gasteiger partial charge on any atom is -0.370 e. The molecule has 1 amide bonds. The van der Waals surface area contributed by atoms with Gasteiger partial charge >= 0.3 is 0 Å². The third-order valence-electron chi connectivity index (χ3n) is 3.03. The summed E-state index contributed by atoms with van der Waals surface area (Å²) in [5.74, 6) is 0.558. The highest BCUT2D eigenvalue weighted by molar-refractivity contribution is 7.15. The number of thiazole rings is 1. The summed E-state index contributed by atoms with van der Waals surface area (Å²) in [6.07, 6.45) is 3.52. The van der Waals surface area contributed by atoms with Gasteiger partial charge in [-0.2, -0.15) is 0 Å². The molecule has 0 aliphatic heterocycles. The van der Waals surface area contributed by atoms with Crippen molar-refractivity contribution in [2.75, 3.05) is 17.2 Å². The summed E-state index contributed by atoms with van der Waals surface area (Å²) in [7, 11) is 0. The number of nitrogens with one attached hydrogen (secondary N) is 2. The quantitative estimate of drug-likeness (QED) is 0.857. The van der Waals surface area contributed by atoms with Crippen LogP contribution < -0.4 is 10.6 Å². The molecule has 0 bridgehead atoms. The maximum absolute atomic E-state index is 12.2. The Morgan fingerprint density at radius 3 is 2.86 bits per heavy atom. The average molecular weight is 304 g/mol. The van der Waals surface area contributed by atoms with Crippen LogP contribution in [0.2, 0.25) is 0 Å². The summed E-state index contributed by atoms with van der Waals surface area (Å²) < 4.78 is 0. The maximum Gasteiger partial charge on any atom is 0.257 e. The zero-order valence-corrected chi connectivity index (χ0v) is 13.4. The Hall–Kier alpha value is -1.95. The number of amides is 1. The molecule has 0 saturated heterocycles. The van der Waals surface area contributed by atoms with E-state index in [1.54, 1.807) is 18.3 Å². The van der Waals surface area contributed by atoms with Gasteiger partial charge in [-0.15, -0.1) is 11.3 Å². The van der Waals surface area contributed by atoms with Crippen LogP contribution in [0.1, 0.15) is 41.2 Å². The van der Waals surface area contributed by atoms with E-state index < -0.39 is 0 Å². The first-order valence-corrected chi connectivity index (χ1v) is 7.93. The van der Waals surface area contributed by atoms with Crippen LogP contribution in [0.3, 0.4) is 0 Å². The minimum absolute atomic E-state index is 0.159. The number of nitrogens with zero attached hydrogens (tertiary/aromatic N) is 2. The molecule has 5 nitrogen and oxygen atoms in total. The fourth-order valence-electron chi connectivity index (χ4n) is 1.90. The number of aryl methyl sites for hydroxylation is 2. The molecular formula is C15H20N4OS. The molecule has 2 rings (SSSR count). The van der Waals surface area contributed by atoms with E-state index in [1.807, 2.05) is 6.92 Å². The molecule has 2 heterocycles. The van der Waals surface area contributed by atoms with E-state index in [1.165, 1.54) is 11.3 Å². The van der Waals surface area contributed by atoms with Crippen molar-refractivity contribution in [3.05, 3.63) is 34.5 Å². The van der Waals surface area contributed by atoms with Crippen LogP contribution in [0.4, 0.5) is 10.9 Å². The van der Waals surface area contributed by atoms with Gasteiger partial charge in [0.05, 0.1) is 5.69 Å². The van der Waals surface area contributed by atoms with Crippen LogP contribution in [0.5, 0.6) is 0 Å². The summed E-state index contributed by atoms with van der Waals surface area (Å²) in [6.45, 7) is 7.00. The van der Waals surface area contributed by atoms with Crippen molar-refractivity contribution in [3.8, 4) is 0 Å². The molecule has 0 fully saturated rings. The molecular weight excluding hydrogens is 284 g/mol. The van der Waals surface area contributed by atoms with Crippen molar-refractivity contribution in [2.45, 2.75) is 33.6 Å². The molecule has 112 valence electrons. The molecule has 2 aromatic rings. The van der Waals surface area contributed by atoms with Gasteiger partial charge in [-0.25, -0.2) is 9.97 Å². The van der Waals surface area contributed by atoms with Crippen molar-refractivity contribution >= 4 is 28.2 Å². The standard InChI is InChI=1S/C15H20N4OS/c1-4-7-16-13-9-11(6-8-17-13)14(20)19-15-18-12(5-2)10(3)21-15/h6,8-9H,4-5,7H2,1-3H3,(H,16,17)(H,18,19,20). The van der Waals surface area contributed by atoms with Gasteiger partial charge in [0.15, 0.2) is 5.13 Å². The van der Waals surface area contributed by atoms with Gasteiger partial charge in [-0.3, -0.25) is 10.1 Å². The highest BCUT2D eigenvalue weighted by atomic mass is 32.1. The summed E-state index contributed by atoms with van der Waals surface area (Å²) in [5, 5.41) is 6.67. The van der Waals surface area contributed by atoms with Crippen LogP contribution in [-0.2, 0) is 6.42 Å². The summed E-state index contributed by atoms with van der Waals surface area (Å²) in [6, 6.07) is 3.46. The lowest BCUT2D eigenvalue weighted by atomic mass is 10.2. The zero-order chi connectivity index (χ0) is 15.2. The van der Waals surface area contributed by atoms with Crippen LogP contribution >= 0.6 is 11.3 Å². The van der Waals surface area contributed by atoms with Gasteiger partial charge in [-0.05, 0) is 31.9 Å². The third kappa shape index (κ3) is 4.01. The molecule has 0 spiro atoms. The Bertz CT molecular complexity index is 624. The van der Waals surface area contributed by atoms with E-state index in [-0.39, 0.29) is 5.91 Å². The lowest BCUT2D eigenvalue weighted by Gasteiger charge is -2.06. The fourth-order valence-corrected chi connectivity index (χ4v) is 2.80. The Labute approximate surface area is 128 Å². The maximum atomic E-state index is 12.2. The number of anilines is 2. The Morgan fingerprint density at radius 1 is 1.38 bits per heavy atom. The first-order chi connectivity index (χ1) is 10.1. The Morgan fingerprint density at radius 2 is 2.19 bits per heavy atom. The van der Waals surface area contributed by atoms with Gasteiger partial charge in [0.1, 0.15) is 5.82 Å². The zero-order valence-electron chi connectivity index (χ0n) is 12.6. The second kappa shape index (κ2) is 7.17. The SMILES string of the molecule is CCCNc1cc(C(=O)Nc2nc(CC)c(C)s2)ccn1. The number of rotatable bonds is 6. The number of carbonyl (C=O) groups excluding carboxylic acids is 1. The molecule has 0 aliphatic rings. The van der Waals surface area contributed by atoms with Gasteiger partial charge in [-0.1, -0.05) is 13.8 Å². The van der Waals surface area contributed by atoms with Crippen molar-refractivity contribution < 1.29 is 4.79 Å². The van der Waals surface area contributed by atoms with E-state index in [0.29, 0.717) is 16.5 Å². The van der Waals surface area contributed by atoms with Crippen LogP contribution in [0.25, 0.3) is 0 Å². The van der Waals surface area contributed by atoms with E-state index >= 15 is 0 Å². The number of aromatic nitrogens is 2. The largest absolute Gasteiger partial charge is 0.370 e. The van der Waals surface area contributed by atoms with Gasteiger partial charge in [0, 0.05) is 23.2 Å². The molecule has 0 unspecified atom stereocenters. The first-order valence-electron chi connectivity index (χ1n) is 7.11. The van der Waals surface area contributed by atoms with Gasteiger partial charge in [0.25, 0.3) is 5.91 Å². The number of carbonyl (C=O) groups is 1. The van der Waals surface area contributed by atoms with Crippen molar-refractivity contribution in [3.63, 3.8) is 0 Å². The molecule has 0 aliphatic carbocycles. The highest BCUT2D eigenvalue weighted by Crippen LogP contribution is 2.23. The average Bonchev–Trinajstić information content (AvgIpc) is 2.85. The first kappa shape index (κ1) is 15.4. The normalized spacial score (nSPS) is 10.4. The van der Waals surface area contributed by atoms with E-state index in [9.17, 15) is 4.79 Å². The number of pyridine rings is 1. The predicted molar refractivity (Wildman–Crippen MR) is 87.2 cm³/mol. The number of hydrogen-bond donors (Lipinski definition) is 2. The van der Waals surface area contributed by atoms with Gasteiger partial charge < -0.3 is 5.32 Å². The van der Waals surface area contributed by atoms with Crippen LogP contribution in [0.15, 0.2) is 18.3 Å². The van der Waals surface area contributed by atoms with Crippen molar-refractivity contribution in [1.29, 1.82) is 0 Å². The minimum atomic E-state index is -0.159. The van der Waals surface area contributed by atoms with E-state index in [4.69, 9.17) is 0 Å². The smallest absolute Gasteiger partial charge is 0.257 e. The Balaban J connectivity index is 2.08. The summed E-state index contributed by atoms with van der Waals surface area (Å²) >= 11 is 1.51. The van der Waals surface area contributed by atoms with Gasteiger partial charge in [0.2, 0.25) is 0 Å². The summed E-state index contributed by atoms with van der Waals surface area (Å²) in [4.78, 5) is 22.0. The highest BCUT2D eigenvalue weighted by Gasteiger charge is 2.11. The predicted octanol–water partition coefficient (Wildman–Crippen LogP) is 3.48. The van der Waals surface area contributed by atoms with E-state index in [2.05, 4.69) is 34.4 Å². The van der Waals surface area contributed by atoms with Crippen molar-refractivity contribution in [1.82, 2.24) is 9.97 Å². The second-order valence-corrected chi connectivity index (χ2v) is 5.89. The van der Waals surface area contributed by atoms with Crippen LogP contribution in [-0.4, -0.2) is 22.4 Å². The molecule has 6 heteroatoms. The van der Waals surface area contributed by atoms with Crippen LogP contribution in [0, 0.1) is 6.92 Å².